The third kappa shape index (κ3) is 2.65. The zero-order valence-electron chi connectivity index (χ0n) is 10.00. The summed E-state index contributed by atoms with van der Waals surface area (Å²) in [6.07, 6.45) is 0. The van der Waals surface area contributed by atoms with Crippen LogP contribution < -0.4 is 5.32 Å². The SMILES string of the molecule is O=C(O)C1COCCN1C(=O)CN1C(=O)CNC1=O. The van der Waals surface area contributed by atoms with Crippen LogP contribution in [0.5, 0.6) is 0 Å². The van der Waals surface area contributed by atoms with E-state index in [0.717, 1.165) is 9.80 Å². The van der Waals surface area contributed by atoms with Crippen LogP contribution in [0, 0.1) is 0 Å². The van der Waals surface area contributed by atoms with Gasteiger partial charge in [-0.2, -0.15) is 0 Å². The number of nitrogens with one attached hydrogen (secondary N) is 1. The van der Waals surface area contributed by atoms with Crippen LogP contribution in [-0.4, -0.2) is 77.6 Å². The summed E-state index contributed by atoms with van der Waals surface area (Å²) in [6, 6.07) is -1.72. The van der Waals surface area contributed by atoms with Crippen LogP contribution in [0.25, 0.3) is 0 Å². The van der Waals surface area contributed by atoms with Crippen molar-refractivity contribution >= 4 is 23.8 Å². The molecule has 9 heteroatoms. The van der Waals surface area contributed by atoms with Crippen molar-refractivity contribution in [2.24, 2.45) is 0 Å². The summed E-state index contributed by atoms with van der Waals surface area (Å²) < 4.78 is 5.00. The summed E-state index contributed by atoms with van der Waals surface area (Å²) >= 11 is 0. The first-order valence-electron chi connectivity index (χ1n) is 5.69. The number of rotatable bonds is 3. The van der Waals surface area contributed by atoms with E-state index in [2.05, 4.69) is 5.32 Å². The van der Waals surface area contributed by atoms with Gasteiger partial charge < -0.3 is 20.1 Å². The molecule has 2 saturated heterocycles. The number of urea groups is 1. The first-order chi connectivity index (χ1) is 9.00. The van der Waals surface area contributed by atoms with Gasteiger partial charge in [0.2, 0.25) is 5.91 Å². The lowest BCUT2D eigenvalue weighted by molar-refractivity contribution is -0.158. The Morgan fingerprint density at radius 1 is 1.42 bits per heavy atom. The van der Waals surface area contributed by atoms with E-state index in [1.165, 1.54) is 0 Å². The van der Waals surface area contributed by atoms with Gasteiger partial charge in [0.25, 0.3) is 5.91 Å². The maximum Gasteiger partial charge on any atom is 0.328 e. The van der Waals surface area contributed by atoms with Crippen LogP contribution in [-0.2, 0) is 19.1 Å². The second-order valence-corrected chi connectivity index (χ2v) is 4.15. The highest BCUT2D eigenvalue weighted by atomic mass is 16.5. The lowest BCUT2D eigenvalue weighted by atomic mass is 10.2. The molecule has 2 rings (SSSR count). The Bertz CT molecular complexity index is 421. The maximum atomic E-state index is 12.0. The van der Waals surface area contributed by atoms with Crippen LogP contribution in [0.2, 0.25) is 0 Å². The average molecular weight is 271 g/mol. The summed E-state index contributed by atoms with van der Waals surface area (Å²) in [5.74, 6) is -2.26. The Morgan fingerprint density at radius 3 is 2.74 bits per heavy atom. The number of carbonyl (C=O) groups is 4. The molecule has 2 aliphatic rings. The van der Waals surface area contributed by atoms with Crippen molar-refractivity contribution in [3.8, 4) is 0 Å². The van der Waals surface area contributed by atoms with E-state index in [9.17, 15) is 19.2 Å². The van der Waals surface area contributed by atoms with Gasteiger partial charge in [0.05, 0.1) is 19.8 Å². The van der Waals surface area contributed by atoms with Crippen molar-refractivity contribution in [2.75, 3.05) is 32.8 Å². The lowest BCUT2D eigenvalue weighted by Gasteiger charge is -2.33. The van der Waals surface area contributed by atoms with Crippen LogP contribution in [0.15, 0.2) is 0 Å². The van der Waals surface area contributed by atoms with E-state index in [1.807, 2.05) is 0 Å². The molecule has 2 aliphatic heterocycles. The summed E-state index contributed by atoms with van der Waals surface area (Å²) in [5.41, 5.74) is 0. The molecule has 0 aromatic heterocycles. The highest BCUT2D eigenvalue weighted by Gasteiger charge is 2.36. The van der Waals surface area contributed by atoms with Crippen LogP contribution in [0.4, 0.5) is 4.79 Å². The molecule has 0 aliphatic carbocycles. The van der Waals surface area contributed by atoms with Gasteiger partial charge in [0.1, 0.15) is 6.54 Å². The van der Waals surface area contributed by atoms with E-state index in [0.29, 0.717) is 0 Å². The molecule has 0 aromatic rings. The molecule has 0 aromatic carbocycles. The molecule has 1 atom stereocenters. The number of hydrogen-bond donors (Lipinski definition) is 2. The minimum Gasteiger partial charge on any atom is -0.480 e. The fourth-order valence-electron chi connectivity index (χ4n) is 1.95. The summed E-state index contributed by atoms with van der Waals surface area (Å²) in [5, 5.41) is 11.3. The number of ether oxygens (including phenoxy) is 1. The molecule has 0 spiro atoms. The quantitative estimate of drug-likeness (QED) is 0.565. The number of amides is 4. The van der Waals surface area contributed by atoms with Gasteiger partial charge in [-0.15, -0.1) is 0 Å². The van der Waals surface area contributed by atoms with Crippen LogP contribution >= 0.6 is 0 Å². The fourth-order valence-corrected chi connectivity index (χ4v) is 1.95. The molecular formula is C10H13N3O6. The molecule has 9 nitrogen and oxygen atoms in total. The molecule has 2 N–H and O–H groups in total. The Morgan fingerprint density at radius 2 is 2.16 bits per heavy atom. The van der Waals surface area contributed by atoms with Gasteiger partial charge in [0.15, 0.2) is 6.04 Å². The molecule has 1 unspecified atom stereocenters. The van der Waals surface area contributed by atoms with Crippen LogP contribution in [0.1, 0.15) is 0 Å². The molecule has 2 heterocycles. The number of carbonyl (C=O) groups excluding carboxylic acids is 3. The van der Waals surface area contributed by atoms with Crippen molar-refractivity contribution in [3.63, 3.8) is 0 Å². The number of hydrogen-bond acceptors (Lipinski definition) is 5. The molecule has 0 bridgehead atoms. The molecule has 0 radical (unpaired) electrons. The fraction of sp³-hybridized carbons (Fsp3) is 0.600. The second-order valence-electron chi connectivity index (χ2n) is 4.15. The first kappa shape index (κ1) is 13.3. The number of morpholine rings is 1. The highest BCUT2D eigenvalue weighted by Crippen LogP contribution is 2.09. The van der Waals surface area contributed by atoms with Gasteiger partial charge >= 0.3 is 12.0 Å². The van der Waals surface area contributed by atoms with Crippen molar-refractivity contribution in [2.45, 2.75) is 6.04 Å². The van der Waals surface area contributed by atoms with E-state index in [4.69, 9.17) is 9.84 Å². The topological polar surface area (TPSA) is 116 Å². The number of carboxylic acid groups (broad SMARTS) is 1. The van der Waals surface area contributed by atoms with Gasteiger partial charge in [-0.3, -0.25) is 14.5 Å². The first-order valence-corrected chi connectivity index (χ1v) is 5.69. The standard InChI is InChI=1S/C10H13N3O6/c14-7-3-11-10(18)13(7)4-8(15)12-1-2-19-5-6(12)9(16)17/h6H,1-5H2,(H,11,18)(H,16,17). The highest BCUT2D eigenvalue weighted by molar-refractivity contribution is 6.04. The normalized spacial score (nSPS) is 23.5. The molecule has 19 heavy (non-hydrogen) atoms. The lowest BCUT2D eigenvalue weighted by Crippen LogP contribution is -2.55. The zero-order valence-corrected chi connectivity index (χ0v) is 10.00. The maximum absolute atomic E-state index is 12.0. The molecule has 4 amide bonds. The van der Waals surface area contributed by atoms with E-state index >= 15 is 0 Å². The monoisotopic (exact) mass is 271 g/mol. The number of imide groups is 1. The number of aliphatic carboxylic acids is 1. The third-order valence-corrected chi connectivity index (χ3v) is 2.96. The minimum absolute atomic E-state index is 0.0960. The van der Waals surface area contributed by atoms with Gasteiger partial charge in [-0.05, 0) is 0 Å². The Balaban J connectivity index is 2.03. The van der Waals surface area contributed by atoms with E-state index in [-0.39, 0.29) is 26.3 Å². The predicted octanol–water partition coefficient (Wildman–Crippen LogP) is -2.15. The largest absolute Gasteiger partial charge is 0.480 e. The Hall–Kier alpha value is -2.16. The van der Waals surface area contributed by atoms with Crippen molar-refractivity contribution in [3.05, 3.63) is 0 Å². The summed E-state index contributed by atoms with van der Waals surface area (Å²) in [6.45, 7) is -0.331. The number of nitrogens with zero attached hydrogens (tertiary/aromatic N) is 2. The summed E-state index contributed by atoms with van der Waals surface area (Å²) in [4.78, 5) is 47.5. The van der Waals surface area contributed by atoms with Crippen molar-refractivity contribution < 1.29 is 29.0 Å². The van der Waals surface area contributed by atoms with Crippen LogP contribution in [0.3, 0.4) is 0 Å². The second kappa shape index (κ2) is 5.22. The minimum atomic E-state index is -1.18. The van der Waals surface area contributed by atoms with Gasteiger partial charge in [-0.1, -0.05) is 0 Å². The average Bonchev–Trinajstić information content (AvgIpc) is 2.70. The smallest absolute Gasteiger partial charge is 0.328 e. The molecular weight excluding hydrogens is 258 g/mol. The zero-order chi connectivity index (χ0) is 14.0. The van der Waals surface area contributed by atoms with Gasteiger partial charge in [0, 0.05) is 6.54 Å². The molecule has 0 saturated carbocycles. The molecule has 2 fully saturated rings. The van der Waals surface area contributed by atoms with E-state index < -0.39 is 36.4 Å². The number of carboxylic acids is 1. The molecule has 104 valence electrons. The Kier molecular flexibility index (Phi) is 3.65. The summed E-state index contributed by atoms with van der Waals surface area (Å²) in [7, 11) is 0. The van der Waals surface area contributed by atoms with Gasteiger partial charge in [-0.25, -0.2) is 9.59 Å². The van der Waals surface area contributed by atoms with E-state index in [1.54, 1.807) is 0 Å². The van der Waals surface area contributed by atoms with Crippen molar-refractivity contribution in [1.82, 2.24) is 15.1 Å². The predicted molar refractivity (Wildman–Crippen MR) is 59.1 cm³/mol. The van der Waals surface area contributed by atoms with Crippen molar-refractivity contribution in [1.29, 1.82) is 0 Å². The third-order valence-electron chi connectivity index (χ3n) is 2.96. The Labute approximate surface area is 108 Å².